The molecule has 1 aliphatic rings. The van der Waals surface area contributed by atoms with Crippen LogP contribution >= 0.6 is 23.2 Å². The zero-order valence-corrected chi connectivity index (χ0v) is 24.7. The lowest BCUT2D eigenvalue weighted by Gasteiger charge is -2.31. The predicted octanol–water partition coefficient (Wildman–Crippen LogP) is 4.64. The Labute approximate surface area is 240 Å². The van der Waals surface area contributed by atoms with Gasteiger partial charge in [0, 0.05) is 47.7 Å². The van der Waals surface area contributed by atoms with Gasteiger partial charge >= 0.3 is 0 Å². The summed E-state index contributed by atoms with van der Waals surface area (Å²) in [5.74, 6) is 0.453. The van der Waals surface area contributed by atoms with Gasteiger partial charge in [-0.3, -0.25) is 13.9 Å². The van der Waals surface area contributed by atoms with Crippen molar-refractivity contribution >= 4 is 50.7 Å². The van der Waals surface area contributed by atoms with Crippen LogP contribution in [0.1, 0.15) is 45.1 Å². The smallest absolute Gasteiger partial charge is 0.242 e. The van der Waals surface area contributed by atoms with Crippen molar-refractivity contribution in [3.63, 3.8) is 0 Å². The zero-order chi connectivity index (χ0) is 28.6. The van der Waals surface area contributed by atoms with Gasteiger partial charge in [-0.25, -0.2) is 8.42 Å². The molecule has 2 amide bonds. The number of sulfonamides is 1. The highest BCUT2D eigenvalue weighted by Crippen LogP contribution is 2.35. The molecule has 0 aromatic heterocycles. The minimum absolute atomic E-state index is 0.0101. The van der Waals surface area contributed by atoms with E-state index in [-0.39, 0.29) is 37.7 Å². The van der Waals surface area contributed by atoms with Crippen molar-refractivity contribution < 1.29 is 27.5 Å². The van der Waals surface area contributed by atoms with Crippen molar-refractivity contribution in [2.75, 3.05) is 36.9 Å². The maximum atomic E-state index is 13.6. The number of rotatable bonds is 13. The highest BCUT2D eigenvalue weighted by Gasteiger charge is 2.30. The van der Waals surface area contributed by atoms with Gasteiger partial charge in [-0.05, 0) is 43.5 Å². The van der Waals surface area contributed by atoms with E-state index in [1.165, 1.54) is 9.21 Å². The fourth-order valence-electron chi connectivity index (χ4n) is 4.33. The Morgan fingerprint density at radius 2 is 1.72 bits per heavy atom. The lowest BCUT2D eigenvalue weighted by atomic mass is 10.1. The molecule has 1 heterocycles. The van der Waals surface area contributed by atoms with E-state index in [0.29, 0.717) is 59.0 Å². The summed E-state index contributed by atoms with van der Waals surface area (Å²) in [5.41, 5.74) is 0.962. The van der Waals surface area contributed by atoms with Gasteiger partial charge in [0.2, 0.25) is 21.8 Å². The number of hydrogen-bond acceptors (Lipinski definition) is 6. The molecule has 1 unspecified atom stereocenters. The third-order valence-electron chi connectivity index (χ3n) is 6.29. The summed E-state index contributed by atoms with van der Waals surface area (Å²) < 4.78 is 37.7. The van der Waals surface area contributed by atoms with Gasteiger partial charge < -0.3 is 19.7 Å². The first-order valence-electron chi connectivity index (χ1n) is 12.9. The second-order valence-corrected chi connectivity index (χ2v) is 11.9. The molecule has 9 nitrogen and oxygen atoms in total. The van der Waals surface area contributed by atoms with Crippen LogP contribution < -0.4 is 19.1 Å². The molecule has 0 radical (unpaired) electrons. The number of anilines is 1. The molecule has 0 fully saturated rings. The third kappa shape index (κ3) is 8.16. The lowest BCUT2D eigenvalue weighted by molar-refractivity contribution is -0.141. The van der Waals surface area contributed by atoms with Gasteiger partial charge in [0.05, 0.1) is 11.9 Å². The fraction of sp³-hybridized carbons (Fsp3) is 0.481. The highest BCUT2D eigenvalue weighted by molar-refractivity contribution is 7.92. The largest absolute Gasteiger partial charge is 0.486 e. The van der Waals surface area contributed by atoms with Gasteiger partial charge in [0.15, 0.2) is 11.5 Å². The molecule has 1 N–H and O–H groups in total. The number of nitrogens with zero attached hydrogens (tertiary/aromatic N) is 2. The van der Waals surface area contributed by atoms with Crippen molar-refractivity contribution in [2.45, 2.75) is 52.1 Å². The Morgan fingerprint density at radius 3 is 2.33 bits per heavy atom. The molecule has 214 valence electrons. The Balaban J connectivity index is 1.80. The van der Waals surface area contributed by atoms with Crippen molar-refractivity contribution in [2.24, 2.45) is 0 Å². The van der Waals surface area contributed by atoms with E-state index in [4.69, 9.17) is 32.7 Å². The molecular formula is C27H35Cl2N3O6S. The minimum atomic E-state index is -3.65. The molecule has 0 saturated carbocycles. The maximum absolute atomic E-state index is 13.6. The van der Waals surface area contributed by atoms with Crippen molar-refractivity contribution in [3.8, 4) is 11.5 Å². The second-order valence-electron chi connectivity index (χ2n) is 9.20. The molecule has 1 aliphatic heterocycles. The van der Waals surface area contributed by atoms with Crippen molar-refractivity contribution in [3.05, 3.63) is 52.0 Å². The molecule has 2 aromatic carbocycles. The molecular weight excluding hydrogens is 565 g/mol. The zero-order valence-electron chi connectivity index (χ0n) is 22.4. The SMILES string of the molecule is CCCNC(=O)C(CC)N(Cc1c(Cl)cccc1Cl)C(=O)CCCN(c1ccc2c(c1)OCCO2)S(C)(=O)=O. The van der Waals surface area contributed by atoms with E-state index in [1.807, 2.05) is 13.8 Å². The number of nitrogens with one attached hydrogen (secondary N) is 1. The van der Waals surface area contributed by atoms with Crippen LogP contribution in [0.25, 0.3) is 0 Å². The Hall–Kier alpha value is -2.69. The summed E-state index contributed by atoms with van der Waals surface area (Å²) in [6.45, 7) is 5.18. The van der Waals surface area contributed by atoms with E-state index in [0.717, 1.165) is 12.7 Å². The number of halogens is 2. The summed E-state index contributed by atoms with van der Waals surface area (Å²) in [4.78, 5) is 28.0. The fourth-order valence-corrected chi connectivity index (χ4v) is 5.80. The van der Waals surface area contributed by atoms with Crippen molar-refractivity contribution in [1.29, 1.82) is 0 Å². The van der Waals surface area contributed by atoms with Crippen LogP contribution in [0.15, 0.2) is 36.4 Å². The molecule has 1 atom stereocenters. The monoisotopic (exact) mass is 599 g/mol. The van der Waals surface area contributed by atoms with Crippen LogP contribution in [0.5, 0.6) is 11.5 Å². The number of amides is 2. The third-order valence-corrected chi connectivity index (χ3v) is 8.19. The molecule has 39 heavy (non-hydrogen) atoms. The van der Waals surface area contributed by atoms with Gasteiger partial charge in [-0.2, -0.15) is 0 Å². The van der Waals surface area contributed by atoms with Gasteiger partial charge in [0.1, 0.15) is 19.3 Å². The van der Waals surface area contributed by atoms with E-state index in [9.17, 15) is 18.0 Å². The number of fused-ring (bicyclic) bond motifs is 1. The van der Waals surface area contributed by atoms with Crippen LogP contribution in [0, 0.1) is 0 Å². The Bertz CT molecular complexity index is 1250. The van der Waals surface area contributed by atoms with Crippen LogP contribution in [-0.2, 0) is 26.2 Å². The van der Waals surface area contributed by atoms with Crippen molar-refractivity contribution in [1.82, 2.24) is 10.2 Å². The normalized spacial score (nSPS) is 13.5. The summed E-state index contributed by atoms with van der Waals surface area (Å²) >= 11 is 12.8. The highest BCUT2D eigenvalue weighted by atomic mass is 35.5. The number of carbonyl (C=O) groups is 2. The van der Waals surface area contributed by atoms with Gasteiger partial charge in [-0.1, -0.05) is 43.1 Å². The predicted molar refractivity (Wildman–Crippen MR) is 153 cm³/mol. The van der Waals surface area contributed by atoms with Crippen LogP contribution in [0.3, 0.4) is 0 Å². The minimum Gasteiger partial charge on any atom is -0.486 e. The summed E-state index contributed by atoms with van der Waals surface area (Å²) in [6, 6.07) is 9.27. The Kier molecular flexibility index (Phi) is 11.1. The van der Waals surface area contributed by atoms with E-state index in [2.05, 4.69) is 5.32 Å². The average Bonchev–Trinajstić information content (AvgIpc) is 2.90. The topological polar surface area (TPSA) is 105 Å². The van der Waals surface area contributed by atoms with E-state index < -0.39 is 16.1 Å². The number of carbonyl (C=O) groups excluding carboxylic acids is 2. The van der Waals surface area contributed by atoms with E-state index >= 15 is 0 Å². The van der Waals surface area contributed by atoms with E-state index in [1.54, 1.807) is 36.4 Å². The van der Waals surface area contributed by atoms with Crippen LogP contribution in [-0.4, -0.2) is 63.7 Å². The lowest BCUT2D eigenvalue weighted by Crippen LogP contribution is -2.49. The van der Waals surface area contributed by atoms with Gasteiger partial charge in [0.25, 0.3) is 0 Å². The molecule has 0 spiro atoms. The quantitative estimate of drug-likeness (QED) is 0.359. The molecule has 3 rings (SSSR count). The number of benzene rings is 2. The number of hydrogen-bond donors (Lipinski definition) is 1. The first kappa shape index (κ1) is 30.8. The summed E-state index contributed by atoms with van der Waals surface area (Å²) in [7, 11) is -3.65. The number of ether oxygens (including phenoxy) is 2. The molecule has 0 bridgehead atoms. The first-order valence-corrected chi connectivity index (χ1v) is 15.5. The average molecular weight is 601 g/mol. The van der Waals surface area contributed by atoms with Gasteiger partial charge in [-0.15, -0.1) is 0 Å². The van der Waals surface area contributed by atoms with Crippen LogP contribution in [0.4, 0.5) is 5.69 Å². The molecule has 0 saturated heterocycles. The van der Waals surface area contributed by atoms with Crippen LogP contribution in [0.2, 0.25) is 10.0 Å². The molecule has 0 aliphatic carbocycles. The second kappa shape index (κ2) is 14.1. The molecule has 2 aromatic rings. The summed E-state index contributed by atoms with van der Waals surface area (Å²) in [6.07, 6.45) is 2.49. The maximum Gasteiger partial charge on any atom is 0.242 e. The molecule has 12 heteroatoms. The Morgan fingerprint density at radius 1 is 1.05 bits per heavy atom. The summed E-state index contributed by atoms with van der Waals surface area (Å²) in [5, 5.41) is 3.65. The standard InChI is InChI=1S/C27H35Cl2N3O6S/c1-4-13-30-27(34)23(5-2)31(18-20-21(28)8-6-9-22(20)29)26(33)10-7-14-32(39(3,35)36)19-11-12-24-25(17-19)38-16-15-37-24/h6,8-9,11-12,17,23H,4-5,7,10,13-16,18H2,1-3H3,(H,30,34). The first-order chi connectivity index (χ1) is 18.6.